The van der Waals surface area contributed by atoms with Crippen molar-refractivity contribution >= 4 is 12.2 Å². The van der Waals surface area contributed by atoms with Gasteiger partial charge in [-0.3, -0.25) is 0 Å². The number of aromatic nitrogens is 2. The number of hydrogen-bond donors (Lipinski definition) is 1. The minimum atomic E-state index is -5.24. The van der Waals surface area contributed by atoms with Gasteiger partial charge in [-0.2, -0.15) is 18.3 Å². The second kappa shape index (κ2) is 6.06. The summed E-state index contributed by atoms with van der Waals surface area (Å²) in [5.41, 5.74) is 4.38. The molecule has 1 aromatic heterocycles. The van der Waals surface area contributed by atoms with E-state index in [4.69, 9.17) is 5.73 Å². The van der Waals surface area contributed by atoms with Crippen molar-refractivity contribution in [3.63, 3.8) is 0 Å². The van der Waals surface area contributed by atoms with E-state index in [1.54, 1.807) is 6.92 Å². The van der Waals surface area contributed by atoms with Gasteiger partial charge in [0.25, 0.3) is 0 Å². The molecule has 0 atom stereocenters. The molecule has 0 fully saturated rings. The van der Waals surface area contributed by atoms with Crippen LogP contribution in [0.1, 0.15) is 16.8 Å². The van der Waals surface area contributed by atoms with Gasteiger partial charge in [0.15, 0.2) is 0 Å². The molecule has 5 nitrogen and oxygen atoms in total. The topological polar surface area (TPSA) is 65.4 Å². The van der Waals surface area contributed by atoms with Crippen molar-refractivity contribution in [2.75, 3.05) is 5.73 Å². The minimum Gasteiger partial charge on any atom is -0.405 e. The smallest absolute Gasteiger partial charge is 0.405 e. The zero-order chi connectivity index (χ0) is 18.1. The van der Waals surface area contributed by atoms with Crippen molar-refractivity contribution in [3.8, 4) is 5.75 Å². The van der Waals surface area contributed by atoms with Gasteiger partial charge in [-0.15, -0.1) is 13.2 Å². The van der Waals surface area contributed by atoms with Gasteiger partial charge in [-0.25, -0.2) is 9.66 Å². The predicted octanol–water partition coefficient (Wildman–Crippen LogP) is 3.57. The summed E-state index contributed by atoms with van der Waals surface area (Å²) in [6.45, 7) is 1.63. The summed E-state index contributed by atoms with van der Waals surface area (Å²) in [5, 5.41) is 3.80. The molecule has 0 radical (unpaired) electrons. The molecule has 24 heavy (non-hydrogen) atoms. The van der Waals surface area contributed by atoms with Gasteiger partial charge in [0.2, 0.25) is 5.95 Å². The molecule has 2 rings (SSSR count). The van der Waals surface area contributed by atoms with Gasteiger partial charge in [-0.1, -0.05) is 0 Å². The Bertz CT molecular complexity index is 763. The molecule has 0 aliphatic rings. The largest absolute Gasteiger partial charge is 0.573 e. The van der Waals surface area contributed by atoms with Crippen LogP contribution in [0.4, 0.5) is 32.3 Å². The van der Waals surface area contributed by atoms with Gasteiger partial charge >= 0.3 is 12.5 Å². The van der Waals surface area contributed by atoms with E-state index in [0.717, 1.165) is 17.0 Å². The molecule has 2 N–H and O–H groups in total. The van der Waals surface area contributed by atoms with Gasteiger partial charge < -0.3 is 10.5 Å². The van der Waals surface area contributed by atoms with E-state index in [-0.39, 0.29) is 11.5 Å². The second-order valence-electron chi connectivity index (χ2n) is 4.63. The summed E-state index contributed by atoms with van der Waals surface area (Å²) in [7, 11) is 0. The standard InChI is InChI=1S/C13H10F6N4O/c1-7-6-23(11(20)22-7)21-5-8-2-3-10(24-13(17,18)19)9(4-8)12(14,15)16/h2-6H,1H3,(H2,20,22). The molecular weight excluding hydrogens is 342 g/mol. The monoisotopic (exact) mass is 352 g/mol. The number of hydrogen-bond acceptors (Lipinski definition) is 4. The molecule has 1 aromatic carbocycles. The molecule has 0 saturated heterocycles. The summed E-state index contributed by atoms with van der Waals surface area (Å²) >= 11 is 0. The number of rotatable bonds is 3. The number of nitrogen functional groups attached to an aromatic ring is 1. The number of ether oxygens (including phenoxy) is 1. The first-order valence-corrected chi connectivity index (χ1v) is 6.28. The Morgan fingerprint density at radius 3 is 2.38 bits per heavy atom. The predicted molar refractivity (Wildman–Crippen MR) is 72.5 cm³/mol. The first-order chi connectivity index (χ1) is 11.0. The third-order valence-corrected chi connectivity index (χ3v) is 2.70. The fourth-order valence-corrected chi connectivity index (χ4v) is 1.79. The molecule has 0 saturated carbocycles. The lowest BCUT2D eigenvalue weighted by molar-refractivity contribution is -0.276. The van der Waals surface area contributed by atoms with E-state index >= 15 is 0 Å². The third-order valence-electron chi connectivity index (χ3n) is 2.70. The highest BCUT2D eigenvalue weighted by Gasteiger charge is 2.39. The fourth-order valence-electron chi connectivity index (χ4n) is 1.79. The van der Waals surface area contributed by atoms with Crippen molar-refractivity contribution in [3.05, 3.63) is 41.2 Å². The quantitative estimate of drug-likeness (QED) is 0.678. The molecule has 0 unspecified atom stereocenters. The van der Waals surface area contributed by atoms with E-state index in [2.05, 4.69) is 14.8 Å². The Balaban J connectivity index is 2.37. The number of halogens is 6. The second-order valence-corrected chi connectivity index (χ2v) is 4.63. The maximum atomic E-state index is 12.9. The van der Waals surface area contributed by atoms with Crippen molar-refractivity contribution in [1.29, 1.82) is 0 Å². The van der Waals surface area contributed by atoms with Gasteiger partial charge in [0.1, 0.15) is 5.75 Å². The molecule has 0 bridgehead atoms. The molecule has 11 heteroatoms. The van der Waals surface area contributed by atoms with Crippen LogP contribution in [0.3, 0.4) is 0 Å². The first kappa shape index (κ1) is 17.6. The maximum absolute atomic E-state index is 12.9. The summed E-state index contributed by atoms with van der Waals surface area (Å²) in [6.07, 6.45) is -7.84. The third kappa shape index (κ3) is 4.40. The van der Waals surface area contributed by atoms with Crippen LogP contribution in [0.2, 0.25) is 0 Å². The zero-order valence-corrected chi connectivity index (χ0v) is 12.0. The summed E-state index contributed by atoms with van der Waals surface area (Å²) in [6, 6.07) is 2.06. The minimum absolute atomic E-state index is 0.0109. The van der Waals surface area contributed by atoms with Crippen LogP contribution in [0.15, 0.2) is 29.5 Å². The van der Waals surface area contributed by atoms with Crippen LogP contribution >= 0.6 is 0 Å². The SMILES string of the molecule is Cc1cn(N=Cc2ccc(OC(F)(F)F)c(C(F)(F)F)c2)c(N)n1. The molecule has 0 spiro atoms. The van der Waals surface area contributed by atoms with Crippen LogP contribution in [0.5, 0.6) is 5.75 Å². The molecule has 1 heterocycles. The van der Waals surface area contributed by atoms with E-state index in [1.165, 1.54) is 6.20 Å². The number of nitrogens with zero attached hydrogens (tertiary/aromatic N) is 3. The lowest BCUT2D eigenvalue weighted by Crippen LogP contribution is -2.20. The lowest BCUT2D eigenvalue weighted by atomic mass is 10.1. The van der Waals surface area contributed by atoms with Crippen LogP contribution in [0, 0.1) is 6.92 Å². The molecule has 0 aliphatic heterocycles. The van der Waals surface area contributed by atoms with Crippen molar-refractivity contribution < 1.29 is 31.1 Å². The molecule has 0 amide bonds. The summed E-state index contributed by atoms with van der Waals surface area (Å²) < 4.78 is 79.8. The number of anilines is 1. The fraction of sp³-hybridized carbons (Fsp3) is 0.231. The summed E-state index contributed by atoms with van der Waals surface area (Å²) in [5.74, 6) is -1.33. The Morgan fingerprint density at radius 1 is 1.21 bits per heavy atom. The molecule has 0 aliphatic carbocycles. The van der Waals surface area contributed by atoms with Crippen molar-refractivity contribution in [2.45, 2.75) is 19.5 Å². The van der Waals surface area contributed by atoms with Gasteiger partial charge in [0.05, 0.1) is 23.7 Å². The number of alkyl halides is 6. The highest BCUT2D eigenvalue weighted by molar-refractivity contribution is 5.80. The van der Waals surface area contributed by atoms with E-state index in [9.17, 15) is 26.3 Å². The molecule has 2 aromatic rings. The summed E-state index contributed by atoms with van der Waals surface area (Å²) in [4.78, 5) is 3.84. The number of imidazole rings is 1. The molecule has 130 valence electrons. The highest BCUT2D eigenvalue weighted by Crippen LogP contribution is 2.38. The van der Waals surface area contributed by atoms with Crippen LogP contribution in [0.25, 0.3) is 0 Å². The normalized spacial score (nSPS) is 12.8. The van der Waals surface area contributed by atoms with Crippen LogP contribution in [-0.4, -0.2) is 22.2 Å². The average Bonchev–Trinajstić information content (AvgIpc) is 2.73. The average molecular weight is 352 g/mol. The Labute approximate surface area is 131 Å². The Hall–Kier alpha value is -2.72. The van der Waals surface area contributed by atoms with Crippen molar-refractivity contribution in [2.24, 2.45) is 5.10 Å². The van der Waals surface area contributed by atoms with Gasteiger partial charge in [0, 0.05) is 0 Å². The zero-order valence-electron chi connectivity index (χ0n) is 12.0. The van der Waals surface area contributed by atoms with Crippen LogP contribution in [-0.2, 0) is 6.18 Å². The highest BCUT2D eigenvalue weighted by atomic mass is 19.4. The Kier molecular flexibility index (Phi) is 4.45. The number of benzene rings is 1. The number of aryl methyl sites for hydroxylation is 1. The van der Waals surface area contributed by atoms with Crippen LogP contribution < -0.4 is 10.5 Å². The maximum Gasteiger partial charge on any atom is 0.573 e. The first-order valence-electron chi connectivity index (χ1n) is 6.28. The van der Waals surface area contributed by atoms with Gasteiger partial charge in [-0.05, 0) is 30.7 Å². The van der Waals surface area contributed by atoms with E-state index in [1.807, 2.05) is 0 Å². The Morgan fingerprint density at radius 2 is 1.88 bits per heavy atom. The molecular formula is C13H10F6N4O. The van der Waals surface area contributed by atoms with E-state index in [0.29, 0.717) is 17.8 Å². The number of nitrogens with two attached hydrogens (primary N) is 1. The van der Waals surface area contributed by atoms with E-state index < -0.39 is 23.9 Å². The lowest BCUT2D eigenvalue weighted by Gasteiger charge is -2.15. The van der Waals surface area contributed by atoms with Crippen molar-refractivity contribution in [1.82, 2.24) is 9.66 Å².